The van der Waals surface area contributed by atoms with Crippen LogP contribution in [0.3, 0.4) is 0 Å². The topological polar surface area (TPSA) is 111 Å². The van der Waals surface area contributed by atoms with E-state index in [0.717, 1.165) is 5.56 Å². The Balaban J connectivity index is 1.51. The van der Waals surface area contributed by atoms with Gasteiger partial charge in [0.05, 0.1) is 12.0 Å². The second kappa shape index (κ2) is 11.4. The van der Waals surface area contributed by atoms with Crippen molar-refractivity contribution >= 4 is 47.1 Å². The SMILES string of the molecule is COc1ccc(COC(=O)C2=C(/C=C\CCl)CS[C@@H]3[C@H](/N=C/c4cccc([N+](=O)[O-])c4)C(=O)N23)cc1. The minimum Gasteiger partial charge on any atom is -0.497 e. The quantitative estimate of drug-likeness (QED) is 0.120. The van der Waals surface area contributed by atoms with E-state index in [1.165, 1.54) is 35.0 Å². The third kappa shape index (κ3) is 5.44. The van der Waals surface area contributed by atoms with E-state index in [1.807, 2.05) is 0 Å². The molecule has 4 rings (SSSR count). The van der Waals surface area contributed by atoms with Gasteiger partial charge in [0, 0.05) is 30.0 Å². The molecule has 0 N–H and O–H groups in total. The van der Waals surface area contributed by atoms with Crippen LogP contribution in [0.4, 0.5) is 5.69 Å². The first kappa shape index (κ1) is 25.5. The van der Waals surface area contributed by atoms with Crippen molar-refractivity contribution in [3.63, 3.8) is 0 Å². The summed E-state index contributed by atoms with van der Waals surface area (Å²) in [6.07, 6.45) is 4.88. The van der Waals surface area contributed by atoms with Crippen molar-refractivity contribution in [3.05, 3.63) is 93.2 Å². The molecule has 36 heavy (non-hydrogen) atoms. The Kier molecular flexibility index (Phi) is 8.07. The van der Waals surface area contributed by atoms with Crippen LogP contribution < -0.4 is 4.74 Å². The molecular formula is C25H22ClN3O6S. The highest BCUT2D eigenvalue weighted by Gasteiger charge is 2.53. The highest BCUT2D eigenvalue weighted by molar-refractivity contribution is 8.00. The zero-order chi connectivity index (χ0) is 25.7. The largest absolute Gasteiger partial charge is 0.497 e. The smallest absolute Gasteiger partial charge is 0.355 e. The van der Waals surface area contributed by atoms with Gasteiger partial charge in [0.1, 0.15) is 23.4 Å². The van der Waals surface area contributed by atoms with Crippen molar-refractivity contribution in [2.75, 3.05) is 18.7 Å². The lowest BCUT2D eigenvalue weighted by molar-refractivity contribution is -0.384. The third-order valence-corrected chi connectivity index (χ3v) is 7.03. The fourth-order valence-corrected chi connectivity index (χ4v) is 5.15. The molecule has 0 bridgehead atoms. The first-order chi connectivity index (χ1) is 17.4. The van der Waals surface area contributed by atoms with Crippen LogP contribution in [0.2, 0.25) is 0 Å². The Morgan fingerprint density at radius 3 is 2.78 bits per heavy atom. The Bertz CT molecular complexity index is 1260. The first-order valence-electron chi connectivity index (χ1n) is 10.9. The summed E-state index contributed by atoms with van der Waals surface area (Å²) in [5.41, 5.74) is 2.05. The molecule has 0 aliphatic carbocycles. The maximum absolute atomic E-state index is 13.1. The summed E-state index contributed by atoms with van der Waals surface area (Å²) in [7, 11) is 1.57. The number of hydrogen-bond acceptors (Lipinski definition) is 8. The zero-order valence-corrected chi connectivity index (χ0v) is 20.8. The summed E-state index contributed by atoms with van der Waals surface area (Å²) in [6.45, 7) is 0.0348. The number of amides is 1. The van der Waals surface area contributed by atoms with E-state index in [9.17, 15) is 19.7 Å². The number of alkyl halides is 1. The molecule has 2 atom stereocenters. The van der Waals surface area contributed by atoms with E-state index >= 15 is 0 Å². The Morgan fingerprint density at radius 1 is 1.31 bits per heavy atom. The number of fused-ring (bicyclic) bond motifs is 1. The van der Waals surface area contributed by atoms with Crippen molar-refractivity contribution in [2.45, 2.75) is 18.0 Å². The maximum Gasteiger partial charge on any atom is 0.355 e. The number of aliphatic imine (C=N–C) groups is 1. The minimum atomic E-state index is -0.711. The molecule has 0 radical (unpaired) electrons. The highest BCUT2D eigenvalue weighted by atomic mass is 35.5. The number of carbonyl (C=O) groups excluding carboxylic acids is 2. The molecule has 2 aliphatic heterocycles. The van der Waals surface area contributed by atoms with Crippen LogP contribution in [0, 0.1) is 10.1 Å². The lowest BCUT2D eigenvalue weighted by Gasteiger charge is -2.47. The van der Waals surface area contributed by atoms with Crippen LogP contribution in [0.1, 0.15) is 11.1 Å². The number of β-lactam (4-membered cyclic amide) rings is 1. The molecule has 0 saturated carbocycles. The van der Waals surface area contributed by atoms with Gasteiger partial charge in [0.25, 0.3) is 11.6 Å². The number of methoxy groups -OCH3 is 1. The summed E-state index contributed by atoms with van der Waals surface area (Å²) in [6, 6.07) is 12.4. The van der Waals surface area contributed by atoms with Gasteiger partial charge in [-0.2, -0.15) is 0 Å². The molecule has 186 valence electrons. The monoisotopic (exact) mass is 527 g/mol. The van der Waals surface area contributed by atoms with Crippen LogP contribution in [0.15, 0.2) is 76.9 Å². The van der Waals surface area contributed by atoms with E-state index in [2.05, 4.69) is 4.99 Å². The second-order valence-corrected chi connectivity index (χ2v) is 9.25. The normalized spacial score (nSPS) is 19.4. The number of rotatable bonds is 9. The van der Waals surface area contributed by atoms with Gasteiger partial charge in [0.15, 0.2) is 6.04 Å². The number of halogens is 1. The van der Waals surface area contributed by atoms with Crippen molar-refractivity contribution < 1.29 is 24.0 Å². The molecular weight excluding hydrogens is 506 g/mol. The van der Waals surface area contributed by atoms with Gasteiger partial charge >= 0.3 is 5.97 Å². The van der Waals surface area contributed by atoms with Crippen molar-refractivity contribution in [1.29, 1.82) is 0 Å². The van der Waals surface area contributed by atoms with Gasteiger partial charge in [0.2, 0.25) is 0 Å². The Hall–Kier alpha value is -3.63. The number of hydrogen-bond donors (Lipinski definition) is 0. The van der Waals surface area contributed by atoms with Crippen LogP contribution in [0.25, 0.3) is 0 Å². The maximum atomic E-state index is 13.1. The second-order valence-electron chi connectivity index (χ2n) is 7.84. The van der Waals surface area contributed by atoms with Gasteiger partial charge in [-0.05, 0) is 28.8 Å². The van der Waals surface area contributed by atoms with Crippen LogP contribution in [0.5, 0.6) is 5.75 Å². The molecule has 0 aromatic heterocycles. The van der Waals surface area contributed by atoms with E-state index in [1.54, 1.807) is 55.7 Å². The number of allylic oxidation sites excluding steroid dienone is 2. The van der Waals surface area contributed by atoms with Gasteiger partial charge < -0.3 is 9.47 Å². The van der Waals surface area contributed by atoms with E-state index in [-0.39, 0.29) is 35.2 Å². The number of nitro benzene ring substituents is 1. The van der Waals surface area contributed by atoms with E-state index in [0.29, 0.717) is 22.6 Å². The average Bonchev–Trinajstić information content (AvgIpc) is 2.90. The number of carbonyl (C=O) groups is 2. The molecule has 1 amide bonds. The number of benzene rings is 2. The minimum absolute atomic E-state index is 0.0348. The molecule has 2 aromatic carbocycles. The summed E-state index contributed by atoms with van der Waals surface area (Å²) in [5, 5.41) is 10.6. The molecule has 1 saturated heterocycles. The van der Waals surface area contributed by atoms with Gasteiger partial charge in [-0.25, -0.2) is 4.79 Å². The molecule has 9 nitrogen and oxygen atoms in total. The van der Waals surface area contributed by atoms with Crippen molar-refractivity contribution in [1.82, 2.24) is 4.90 Å². The predicted molar refractivity (Wildman–Crippen MR) is 137 cm³/mol. The fourth-order valence-electron chi connectivity index (χ4n) is 3.76. The van der Waals surface area contributed by atoms with Crippen LogP contribution >= 0.6 is 23.4 Å². The van der Waals surface area contributed by atoms with Gasteiger partial charge in [-0.1, -0.05) is 36.4 Å². The number of non-ortho nitro benzene ring substituents is 1. The Morgan fingerprint density at radius 2 is 2.08 bits per heavy atom. The van der Waals surface area contributed by atoms with Crippen LogP contribution in [-0.4, -0.2) is 58.1 Å². The molecule has 11 heteroatoms. The zero-order valence-electron chi connectivity index (χ0n) is 19.2. The molecule has 0 spiro atoms. The summed E-state index contributed by atoms with van der Waals surface area (Å²) in [4.78, 5) is 42.5. The third-order valence-electron chi connectivity index (χ3n) is 5.57. The van der Waals surface area contributed by atoms with Gasteiger partial charge in [-0.15, -0.1) is 23.4 Å². The summed E-state index contributed by atoms with van der Waals surface area (Å²) < 4.78 is 10.7. The number of esters is 1. The summed E-state index contributed by atoms with van der Waals surface area (Å²) in [5.74, 6) is 0.464. The summed E-state index contributed by atoms with van der Waals surface area (Å²) >= 11 is 7.27. The van der Waals surface area contributed by atoms with Gasteiger partial charge in [-0.3, -0.25) is 24.8 Å². The van der Waals surface area contributed by atoms with E-state index < -0.39 is 16.9 Å². The number of thioether (sulfide) groups is 1. The molecule has 2 aliphatic rings. The first-order valence-corrected chi connectivity index (χ1v) is 12.5. The van der Waals surface area contributed by atoms with Crippen molar-refractivity contribution in [2.24, 2.45) is 4.99 Å². The standard InChI is InChI=1S/C25H22ClN3O6S/c1-34-20-9-7-16(8-10-20)14-35-25(31)22-18(5-3-11-26)15-36-24-21(23(30)28(22)24)27-13-17-4-2-6-19(12-17)29(32)33/h2-10,12-13,21,24H,11,14-15H2,1H3/b5-3-,27-13+/t21-,24-/m1/s1. The number of nitrogens with zero attached hydrogens (tertiary/aromatic N) is 3. The molecule has 2 heterocycles. The van der Waals surface area contributed by atoms with Crippen molar-refractivity contribution in [3.8, 4) is 5.75 Å². The predicted octanol–water partition coefficient (Wildman–Crippen LogP) is 4.10. The number of ether oxygens (including phenoxy) is 2. The van der Waals surface area contributed by atoms with E-state index in [4.69, 9.17) is 21.1 Å². The molecule has 0 unspecified atom stereocenters. The lowest BCUT2D eigenvalue weighted by atomic mass is 10.0. The fraction of sp³-hybridized carbons (Fsp3) is 0.240. The number of nitro groups is 1. The Labute approximate surface area is 216 Å². The average molecular weight is 528 g/mol. The molecule has 2 aromatic rings. The van der Waals surface area contributed by atoms with Crippen LogP contribution in [-0.2, 0) is 20.9 Å². The highest BCUT2D eigenvalue weighted by Crippen LogP contribution is 2.42. The lowest BCUT2D eigenvalue weighted by Crippen LogP contribution is -2.64. The molecule has 1 fully saturated rings.